The number of carbonyl (C=O) groups is 1. The zero-order chi connectivity index (χ0) is 10.7. The summed E-state index contributed by atoms with van der Waals surface area (Å²) in [7, 11) is 0. The highest BCUT2D eigenvalue weighted by Crippen LogP contribution is 2.12. The van der Waals surface area contributed by atoms with Gasteiger partial charge in [0.1, 0.15) is 6.42 Å². The second-order valence-electron chi connectivity index (χ2n) is 2.70. The molecule has 0 saturated heterocycles. The van der Waals surface area contributed by atoms with Crippen LogP contribution in [-0.4, -0.2) is 31.4 Å². The molecule has 0 saturated carbocycles. The van der Waals surface area contributed by atoms with Crippen molar-refractivity contribution in [2.24, 2.45) is 0 Å². The summed E-state index contributed by atoms with van der Waals surface area (Å²) in [6.45, 7) is 0. The van der Waals surface area contributed by atoms with Gasteiger partial charge in [0.15, 0.2) is 11.5 Å². The van der Waals surface area contributed by atoms with Gasteiger partial charge in [-0.15, -0.1) is 5.10 Å². The smallest absolute Gasteiger partial charge is 0.311 e. The van der Waals surface area contributed by atoms with Crippen LogP contribution in [0.2, 0.25) is 0 Å². The molecule has 0 amide bonds. The van der Waals surface area contributed by atoms with E-state index in [4.69, 9.17) is 9.63 Å². The van der Waals surface area contributed by atoms with E-state index in [1.807, 2.05) is 0 Å². The predicted octanol–water partition coefficient (Wildman–Crippen LogP) is 0.154. The van der Waals surface area contributed by atoms with Crippen LogP contribution in [0.25, 0.3) is 11.6 Å². The minimum Gasteiger partial charge on any atom is -0.481 e. The highest BCUT2D eigenvalue weighted by Gasteiger charge is 2.12. The van der Waals surface area contributed by atoms with Crippen LogP contribution in [0, 0.1) is 0 Å². The first kappa shape index (κ1) is 9.25. The molecule has 0 aromatic carbocycles. The van der Waals surface area contributed by atoms with Crippen LogP contribution in [-0.2, 0) is 11.2 Å². The van der Waals surface area contributed by atoms with Crippen molar-refractivity contribution in [1.29, 1.82) is 0 Å². The van der Waals surface area contributed by atoms with Crippen molar-refractivity contribution in [3.63, 3.8) is 0 Å². The number of aromatic nitrogens is 4. The van der Waals surface area contributed by atoms with Gasteiger partial charge in [-0.3, -0.25) is 4.79 Å². The molecule has 76 valence electrons. The Kier molecular flexibility index (Phi) is 2.36. The molecular formula is C8H6N4O3. The fourth-order valence-electron chi connectivity index (χ4n) is 0.981. The average Bonchev–Trinajstić information content (AvgIpc) is 2.67. The van der Waals surface area contributed by atoms with E-state index < -0.39 is 5.97 Å². The van der Waals surface area contributed by atoms with Crippen LogP contribution in [0.4, 0.5) is 0 Å². The zero-order valence-electron chi connectivity index (χ0n) is 7.49. The lowest BCUT2D eigenvalue weighted by atomic mass is 10.4. The molecule has 0 aliphatic rings. The second-order valence-corrected chi connectivity index (χ2v) is 2.70. The molecular weight excluding hydrogens is 200 g/mol. The summed E-state index contributed by atoms with van der Waals surface area (Å²) < 4.78 is 4.82. The molecule has 0 unspecified atom stereocenters. The molecule has 0 aliphatic carbocycles. The van der Waals surface area contributed by atoms with E-state index in [0.717, 1.165) is 0 Å². The molecule has 15 heavy (non-hydrogen) atoms. The van der Waals surface area contributed by atoms with E-state index in [9.17, 15) is 4.79 Å². The Morgan fingerprint density at radius 3 is 3.07 bits per heavy atom. The van der Waals surface area contributed by atoms with Crippen molar-refractivity contribution in [2.75, 3.05) is 0 Å². The van der Waals surface area contributed by atoms with Gasteiger partial charge in [0.2, 0.25) is 0 Å². The number of aliphatic carboxylic acids is 1. The molecule has 0 atom stereocenters. The van der Waals surface area contributed by atoms with Gasteiger partial charge in [0, 0.05) is 6.20 Å². The maximum atomic E-state index is 10.4. The summed E-state index contributed by atoms with van der Waals surface area (Å²) in [4.78, 5) is 14.2. The van der Waals surface area contributed by atoms with Crippen molar-refractivity contribution in [1.82, 2.24) is 20.3 Å². The Labute approximate surface area is 83.8 Å². The molecule has 0 aliphatic heterocycles. The first-order chi connectivity index (χ1) is 7.25. The quantitative estimate of drug-likeness (QED) is 0.762. The molecule has 2 aromatic heterocycles. The van der Waals surface area contributed by atoms with E-state index >= 15 is 0 Å². The van der Waals surface area contributed by atoms with Gasteiger partial charge < -0.3 is 9.63 Å². The normalized spacial score (nSPS) is 10.1. The van der Waals surface area contributed by atoms with E-state index in [1.54, 1.807) is 12.1 Å². The third-order valence-electron chi connectivity index (χ3n) is 1.57. The largest absolute Gasteiger partial charge is 0.481 e. The predicted molar refractivity (Wildman–Crippen MR) is 46.7 cm³/mol. The zero-order valence-corrected chi connectivity index (χ0v) is 7.49. The Hall–Kier alpha value is -2.31. The third-order valence-corrected chi connectivity index (χ3v) is 1.57. The van der Waals surface area contributed by atoms with Crippen LogP contribution in [0.3, 0.4) is 0 Å². The topological polar surface area (TPSA) is 102 Å². The van der Waals surface area contributed by atoms with Crippen LogP contribution in [0.15, 0.2) is 22.9 Å². The molecule has 7 nitrogen and oxygen atoms in total. The second kappa shape index (κ2) is 3.82. The minimum atomic E-state index is -1.01. The van der Waals surface area contributed by atoms with E-state index in [1.165, 1.54) is 6.20 Å². The van der Waals surface area contributed by atoms with Gasteiger partial charge in [-0.1, -0.05) is 5.16 Å². The van der Waals surface area contributed by atoms with Crippen LogP contribution in [0.1, 0.15) is 5.82 Å². The molecule has 1 N–H and O–H groups in total. The molecule has 7 heteroatoms. The SMILES string of the molecule is O=C(O)Cc1noc(-c2cccnn2)n1. The van der Waals surface area contributed by atoms with E-state index in [0.29, 0.717) is 5.69 Å². The van der Waals surface area contributed by atoms with Crippen LogP contribution < -0.4 is 0 Å². The summed E-state index contributed by atoms with van der Waals surface area (Å²) in [5, 5.41) is 19.4. The number of carboxylic acids is 1. The fraction of sp³-hybridized carbons (Fsp3) is 0.125. The summed E-state index contributed by atoms with van der Waals surface area (Å²) in [5.74, 6) is -0.732. The first-order valence-corrected chi connectivity index (χ1v) is 4.08. The molecule has 0 radical (unpaired) electrons. The van der Waals surface area contributed by atoms with Crippen molar-refractivity contribution in [3.05, 3.63) is 24.2 Å². The highest BCUT2D eigenvalue weighted by molar-refractivity contribution is 5.69. The number of nitrogens with zero attached hydrogens (tertiary/aromatic N) is 4. The van der Waals surface area contributed by atoms with Crippen LogP contribution >= 0.6 is 0 Å². The Bertz CT molecular complexity index is 468. The maximum Gasteiger partial charge on any atom is 0.311 e. The standard InChI is InChI=1S/C8H6N4O3/c13-7(14)4-6-10-8(15-12-6)5-2-1-3-9-11-5/h1-3H,4H2,(H,13,14). The average molecular weight is 206 g/mol. The van der Waals surface area contributed by atoms with Gasteiger partial charge >= 0.3 is 5.97 Å². The van der Waals surface area contributed by atoms with Gasteiger partial charge in [-0.25, -0.2) is 0 Å². The molecule has 0 bridgehead atoms. The number of hydrogen-bond donors (Lipinski definition) is 1. The number of rotatable bonds is 3. The van der Waals surface area contributed by atoms with Gasteiger partial charge in [0.25, 0.3) is 5.89 Å². The lowest BCUT2D eigenvalue weighted by molar-refractivity contribution is -0.136. The van der Waals surface area contributed by atoms with E-state index in [-0.39, 0.29) is 18.1 Å². The highest BCUT2D eigenvalue weighted by atomic mass is 16.5. The minimum absolute atomic E-state index is 0.114. The lowest BCUT2D eigenvalue weighted by Gasteiger charge is -1.88. The van der Waals surface area contributed by atoms with Crippen molar-refractivity contribution in [3.8, 4) is 11.6 Å². The summed E-state index contributed by atoms with van der Waals surface area (Å²) >= 11 is 0. The van der Waals surface area contributed by atoms with Crippen molar-refractivity contribution < 1.29 is 14.4 Å². The monoisotopic (exact) mass is 206 g/mol. The summed E-state index contributed by atoms with van der Waals surface area (Å²) in [5.41, 5.74) is 0.418. The first-order valence-electron chi connectivity index (χ1n) is 4.08. The molecule has 2 rings (SSSR count). The van der Waals surface area contributed by atoms with Gasteiger partial charge in [-0.2, -0.15) is 10.1 Å². The molecule has 2 aromatic rings. The Morgan fingerprint density at radius 1 is 1.53 bits per heavy atom. The summed E-state index contributed by atoms with van der Waals surface area (Å²) in [6.07, 6.45) is 1.24. The fourth-order valence-corrected chi connectivity index (χ4v) is 0.981. The molecule has 0 spiro atoms. The third kappa shape index (κ3) is 2.13. The van der Waals surface area contributed by atoms with E-state index in [2.05, 4.69) is 20.3 Å². The molecule has 0 fully saturated rings. The number of hydrogen-bond acceptors (Lipinski definition) is 6. The summed E-state index contributed by atoms with van der Waals surface area (Å²) in [6, 6.07) is 3.31. The van der Waals surface area contributed by atoms with Gasteiger partial charge in [0.05, 0.1) is 0 Å². The lowest BCUT2D eigenvalue weighted by Crippen LogP contribution is -2.01. The Morgan fingerprint density at radius 2 is 2.40 bits per heavy atom. The van der Waals surface area contributed by atoms with Crippen molar-refractivity contribution in [2.45, 2.75) is 6.42 Å². The maximum absolute atomic E-state index is 10.4. The van der Waals surface area contributed by atoms with Crippen molar-refractivity contribution >= 4 is 5.97 Å². The molecule has 2 heterocycles. The number of carboxylic acid groups (broad SMARTS) is 1. The van der Waals surface area contributed by atoms with Crippen LogP contribution in [0.5, 0.6) is 0 Å². The Balaban J connectivity index is 2.24. The van der Waals surface area contributed by atoms with Gasteiger partial charge in [-0.05, 0) is 12.1 Å².